The second-order valence-electron chi connectivity index (χ2n) is 5.39. The average Bonchev–Trinajstić information content (AvgIpc) is 2.36. The highest BCUT2D eigenvalue weighted by Crippen LogP contribution is 2.18. The molecule has 20 heavy (non-hydrogen) atoms. The summed E-state index contributed by atoms with van der Waals surface area (Å²) in [6.07, 6.45) is 0. The van der Waals surface area contributed by atoms with Crippen molar-refractivity contribution in [2.75, 3.05) is 13.6 Å². The fourth-order valence-corrected chi connectivity index (χ4v) is 2.39. The van der Waals surface area contributed by atoms with Crippen molar-refractivity contribution in [3.63, 3.8) is 0 Å². The molecule has 1 aromatic carbocycles. The van der Waals surface area contributed by atoms with Gasteiger partial charge in [-0.1, -0.05) is 29.8 Å². The number of oxime groups is 1. The highest BCUT2D eigenvalue weighted by molar-refractivity contribution is 5.97. The fraction of sp³-hybridized carbons (Fsp3) is 0.467. The second kappa shape index (κ2) is 6.41. The molecule has 0 heterocycles. The molecule has 1 aromatic rings. The number of nitrogens with zero attached hydrogens (tertiary/aromatic N) is 2. The molecular weight excluding hydrogens is 254 g/mol. The third kappa shape index (κ3) is 3.50. The van der Waals surface area contributed by atoms with Crippen molar-refractivity contribution < 1.29 is 10.0 Å². The number of hydrogen-bond acceptors (Lipinski definition) is 3. The molecule has 1 atom stereocenters. The van der Waals surface area contributed by atoms with Crippen molar-refractivity contribution in [1.82, 2.24) is 4.90 Å². The number of benzene rings is 1. The maximum absolute atomic E-state index is 12.5. The van der Waals surface area contributed by atoms with Crippen molar-refractivity contribution in [2.45, 2.75) is 27.7 Å². The summed E-state index contributed by atoms with van der Waals surface area (Å²) in [5.41, 5.74) is 9.35. The lowest BCUT2D eigenvalue weighted by Gasteiger charge is -2.23. The van der Waals surface area contributed by atoms with Gasteiger partial charge in [0.1, 0.15) is 5.84 Å². The first-order valence-corrected chi connectivity index (χ1v) is 6.58. The van der Waals surface area contributed by atoms with Gasteiger partial charge < -0.3 is 15.8 Å². The molecule has 1 unspecified atom stereocenters. The lowest BCUT2D eigenvalue weighted by molar-refractivity contribution is 0.0784. The molecule has 0 bridgehead atoms. The van der Waals surface area contributed by atoms with E-state index in [4.69, 9.17) is 10.9 Å². The molecule has 3 N–H and O–H groups in total. The van der Waals surface area contributed by atoms with Gasteiger partial charge in [0.15, 0.2) is 0 Å². The largest absolute Gasteiger partial charge is 0.409 e. The third-order valence-corrected chi connectivity index (χ3v) is 3.41. The Bertz CT molecular complexity index is 515. The van der Waals surface area contributed by atoms with Crippen LogP contribution < -0.4 is 5.73 Å². The van der Waals surface area contributed by atoms with Crippen LogP contribution in [0.1, 0.15) is 34.0 Å². The number of carbonyl (C=O) groups is 1. The minimum Gasteiger partial charge on any atom is -0.409 e. The van der Waals surface area contributed by atoms with E-state index in [9.17, 15) is 4.79 Å². The molecule has 110 valence electrons. The lowest BCUT2D eigenvalue weighted by atomic mass is 9.98. The quantitative estimate of drug-likeness (QED) is 0.383. The molecule has 0 saturated heterocycles. The molecule has 0 fully saturated rings. The monoisotopic (exact) mass is 277 g/mol. The second-order valence-corrected chi connectivity index (χ2v) is 5.39. The van der Waals surface area contributed by atoms with Gasteiger partial charge in [0.25, 0.3) is 5.91 Å². The van der Waals surface area contributed by atoms with Crippen LogP contribution in [-0.2, 0) is 0 Å². The van der Waals surface area contributed by atoms with Gasteiger partial charge in [-0.05, 0) is 31.9 Å². The third-order valence-electron chi connectivity index (χ3n) is 3.41. The first-order chi connectivity index (χ1) is 9.27. The van der Waals surface area contributed by atoms with Crippen molar-refractivity contribution in [3.8, 4) is 0 Å². The molecule has 0 aliphatic carbocycles. The van der Waals surface area contributed by atoms with Gasteiger partial charge in [-0.15, -0.1) is 0 Å². The van der Waals surface area contributed by atoms with Crippen LogP contribution in [0.3, 0.4) is 0 Å². The predicted octanol–water partition coefficient (Wildman–Crippen LogP) is 2.07. The van der Waals surface area contributed by atoms with Crippen LogP contribution in [0.2, 0.25) is 0 Å². The van der Waals surface area contributed by atoms with E-state index in [-0.39, 0.29) is 17.7 Å². The van der Waals surface area contributed by atoms with E-state index in [1.165, 1.54) is 0 Å². The van der Waals surface area contributed by atoms with E-state index in [2.05, 4.69) is 5.16 Å². The van der Waals surface area contributed by atoms with Crippen molar-refractivity contribution >= 4 is 11.7 Å². The van der Waals surface area contributed by atoms with Crippen LogP contribution >= 0.6 is 0 Å². The molecule has 0 radical (unpaired) electrons. The number of hydrogen-bond donors (Lipinski definition) is 2. The standard InChI is InChI=1S/C15H23N3O2/c1-9-6-10(2)13(11(3)7-9)15(19)18(5)8-12(4)14(16)17-20/h6-7,12,20H,8H2,1-5H3,(H2,16,17). The minimum atomic E-state index is -0.194. The number of aryl methyl sites for hydroxylation is 3. The van der Waals surface area contributed by atoms with Gasteiger partial charge in [-0.25, -0.2) is 0 Å². The summed E-state index contributed by atoms with van der Waals surface area (Å²) in [5, 5.41) is 11.6. The van der Waals surface area contributed by atoms with E-state index in [1.54, 1.807) is 11.9 Å². The maximum Gasteiger partial charge on any atom is 0.254 e. The van der Waals surface area contributed by atoms with Crippen LogP contribution in [0, 0.1) is 26.7 Å². The Hall–Kier alpha value is -2.04. The number of amidine groups is 1. The highest BCUT2D eigenvalue weighted by atomic mass is 16.4. The van der Waals surface area contributed by atoms with Crippen LogP contribution in [0.15, 0.2) is 17.3 Å². The van der Waals surface area contributed by atoms with Crippen molar-refractivity contribution in [3.05, 3.63) is 34.4 Å². The molecule has 0 aromatic heterocycles. The van der Waals surface area contributed by atoms with Crippen LogP contribution in [-0.4, -0.2) is 35.4 Å². The number of amides is 1. The number of carbonyl (C=O) groups excluding carboxylic acids is 1. The zero-order valence-electron chi connectivity index (χ0n) is 12.8. The zero-order valence-corrected chi connectivity index (χ0v) is 12.8. The minimum absolute atomic E-state index is 0.0439. The lowest BCUT2D eigenvalue weighted by Crippen LogP contribution is -2.36. The van der Waals surface area contributed by atoms with Crippen LogP contribution in [0.4, 0.5) is 0 Å². The summed E-state index contributed by atoms with van der Waals surface area (Å²) < 4.78 is 0. The number of rotatable bonds is 4. The number of nitrogens with two attached hydrogens (primary N) is 1. The topological polar surface area (TPSA) is 78.9 Å². The summed E-state index contributed by atoms with van der Waals surface area (Å²) in [5.74, 6) is -0.111. The maximum atomic E-state index is 12.5. The smallest absolute Gasteiger partial charge is 0.254 e. The first-order valence-electron chi connectivity index (χ1n) is 6.58. The summed E-state index contributed by atoms with van der Waals surface area (Å²) in [4.78, 5) is 14.1. The summed E-state index contributed by atoms with van der Waals surface area (Å²) >= 11 is 0. The first kappa shape index (κ1) is 16.0. The van der Waals surface area contributed by atoms with Gasteiger partial charge in [0.2, 0.25) is 0 Å². The van der Waals surface area contributed by atoms with E-state index in [1.807, 2.05) is 39.8 Å². The van der Waals surface area contributed by atoms with E-state index in [0.717, 1.165) is 22.3 Å². The van der Waals surface area contributed by atoms with Gasteiger partial charge in [0.05, 0.1) is 0 Å². The normalized spacial score (nSPS) is 13.2. The SMILES string of the molecule is Cc1cc(C)c(C(=O)N(C)CC(C)C(N)=NO)c(C)c1. The molecule has 5 nitrogen and oxygen atoms in total. The molecule has 1 amide bonds. The Morgan fingerprint density at radius 3 is 2.30 bits per heavy atom. The van der Waals surface area contributed by atoms with Crippen LogP contribution in [0.5, 0.6) is 0 Å². The Balaban J connectivity index is 2.96. The van der Waals surface area contributed by atoms with Gasteiger partial charge in [-0.2, -0.15) is 0 Å². The van der Waals surface area contributed by atoms with Crippen molar-refractivity contribution in [2.24, 2.45) is 16.8 Å². The van der Waals surface area contributed by atoms with Gasteiger partial charge in [-0.3, -0.25) is 4.79 Å². The van der Waals surface area contributed by atoms with Gasteiger partial charge in [0, 0.05) is 25.1 Å². The van der Waals surface area contributed by atoms with E-state index < -0.39 is 0 Å². The summed E-state index contributed by atoms with van der Waals surface area (Å²) in [6, 6.07) is 4.00. The van der Waals surface area contributed by atoms with Gasteiger partial charge >= 0.3 is 0 Å². The molecular formula is C15H23N3O2. The highest BCUT2D eigenvalue weighted by Gasteiger charge is 2.20. The molecule has 1 rings (SSSR count). The Kier molecular flexibility index (Phi) is 5.13. The van der Waals surface area contributed by atoms with Crippen molar-refractivity contribution in [1.29, 1.82) is 0 Å². The Morgan fingerprint density at radius 2 is 1.85 bits per heavy atom. The van der Waals surface area contributed by atoms with E-state index >= 15 is 0 Å². The molecule has 5 heteroatoms. The molecule has 0 aliphatic rings. The molecule has 0 saturated carbocycles. The van der Waals surface area contributed by atoms with E-state index in [0.29, 0.717) is 6.54 Å². The molecule has 0 aliphatic heterocycles. The Morgan fingerprint density at radius 1 is 1.35 bits per heavy atom. The zero-order chi connectivity index (χ0) is 15.4. The predicted molar refractivity (Wildman–Crippen MR) is 80.2 cm³/mol. The fourth-order valence-electron chi connectivity index (χ4n) is 2.39. The Labute approximate surface area is 120 Å². The average molecular weight is 277 g/mol. The van der Waals surface area contributed by atoms with Crippen LogP contribution in [0.25, 0.3) is 0 Å². The summed E-state index contributed by atoms with van der Waals surface area (Å²) in [7, 11) is 1.72. The molecule has 0 spiro atoms. The summed E-state index contributed by atoms with van der Waals surface area (Å²) in [6.45, 7) is 8.11.